The summed E-state index contributed by atoms with van der Waals surface area (Å²) in [6.45, 7) is 12.1. The fraction of sp³-hybridized carbons (Fsp3) is 0.800. The molecule has 1 aromatic rings. The molecule has 4 heteroatoms. The van der Waals surface area contributed by atoms with Gasteiger partial charge in [-0.2, -0.15) is 0 Å². The molecule has 0 radical (unpaired) electrons. The first-order chi connectivity index (χ1) is 9.19. The Kier molecular flexibility index (Phi) is 7.39. The summed E-state index contributed by atoms with van der Waals surface area (Å²) in [6, 6.07) is 0. The average Bonchev–Trinajstić information content (AvgIpc) is 2.84. The lowest BCUT2D eigenvalue weighted by atomic mass is 10.0. The number of aromatic nitrogens is 1. The molecule has 0 atom stereocenters. The van der Waals surface area contributed by atoms with Gasteiger partial charge in [-0.1, -0.05) is 33.6 Å². The molecule has 0 saturated carbocycles. The Bertz CT molecular complexity index is 358. The van der Waals surface area contributed by atoms with Crippen LogP contribution in [0.4, 0.5) is 5.13 Å². The fourth-order valence-electron chi connectivity index (χ4n) is 2.28. The summed E-state index contributed by atoms with van der Waals surface area (Å²) < 4.78 is 0. The van der Waals surface area contributed by atoms with Crippen LogP contribution in [0.5, 0.6) is 0 Å². The summed E-state index contributed by atoms with van der Waals surface area (Å²) in [7, 11) is 2.00. The molecule has 1 N–H and O–H groups in total. The Morgan fingerprint density at radius 1 is 1.21 bits per heavy atom. The number of nitrogens with zero attached hydrogens (tertiary/aromatic N) is 2. The standard InChI is InChI=1S/C15H29N3S/c1-6-12(7-2)11-18(9-4)15-17-13(8-3)14(19-15)10-16-5/h12,16H,6-11H2,1-5H3. The minimum atomic E-state index is 0.779. The molecule has 0 aromatic carbocycles. The molecule has 0 aliphatic heterocycles. The van der Waals surface area contributed by atoms with E-state index in [4.69, 9.17) is 4.98 Å². The second-order valence-corrected chi connectivity index (χ2v) is 6.03. The van der Waals surface area contributed by atoms with Crippen LogP contribution in [-0.2, 0) is 13.0 Å². The summed E-state index contributed by atoms with van der Waals surface area (Å²) >= 11 is 1.86. The highest BCUT2D eigenvalue weighted by Crippen LogP contribution is 2.28. The van der Waals surface area contributed by atoms with Crippen molar-refractivity contribution in [3.05, 3.63) is 10.6 Å². The third-order valence-corrected chi connectivity index (χ3v) is 4.88. The van der Waals surface area contributed by atoms with Gasteiger partial charge in [0.15, 0.2) is 5.13 Å². The number of nitrogens with one attached hydrogen (secondary N) is 1. The molecular formula is C15H29N3S. The van der Waals surface area contributed by atoms with Crippen LogP contribution in [0.2, 0.25) is 0 Å². The van der Waals surface area contributed by atoms with Gasteiger partial charge in [-0.05, 0) is 26.3 Å². The molecule has 110 valence electrons. The first-order valence-electron chi connectivity index (χ1n) is 7.58. The van der Waals surface area contributed by atoms with Crippen molar-refractivity contribution in [1.82, 2.24) is 10.3 Å². The molecule has 0 bridgehead atoms. The number of anilines is 1. The second-order valence-electron chi connectivity index (χ2n) is 4.97. The molecule has 0 unspecified atom stereocenters. The molecule has 1 heterocycles. The van der Waals surface area contributed by atoms with Crippen LogP contribution in [-0.4, -0.2) is 25.1 Å². The van der Waals surface area contributed by atoms with Crippen LogP contribution in [0.1, 0.15) is 51.1 Å². The van der Waals surface area contributed by atoms with Gasteiger partial charge in [-0.25, -0.2) is 4.98 Å². The highest BCUT2D eigenvalue weighted by molar-refractivity contribution is 7.15. The maximum absolute atomic E-state index is 4.84. The molecule has 0 aliphatic rings. The zero-order valence-electron chi connectivity index (χ0n) is 13.1. The molecule has 3 nitrogen and oxygen atoms in total. The topological polar surface area (TPSA) is 28.2 Å². The molecule has 1 rings (SSSR count). The number of hydrogen-bond donors (Lipinski definition) is 1. The second kappa shape index (κ2) is 8.54. The SMILES string of the molecule is CCc1nc(N(CC)CC(CC)CC)sc1CNC. The van der Waals surface area contributed by atoms with E-state index in [2.05, 4.69) is 37.9 Å². The van der Waals surface area contributed by atoms with Gasteiger partial charge < -0.3 is 10.2 Å². The van der Waals surface area contributed by atoms with Crippen molar-refractivity contribution >= 4 is 16.5 Å². The zero-order chi connectivity index (χ0) is 14.3. The molecule has 0 fully saturated rings. The van der Waals surface area contributed by atoms with Crippen LogP contribution in [0.3, 0.4) is 0 Å². The minimum absolute atomic E-state index is 0.779. The average molecular weight is 283 g/mol. The summed E-state index contributed by atoms with van der Waals surface area (Å²) in [5, 5.41) is 4.45. The van der Waals surface area contributed by atoms with Crippen molar-refractivity contribution in [3.63, 3.8) is 0 Å². The summed E-state index contributed by atoms with van der Waals surface area (Å²) in [4.78, 5) is 8.68. The van der Waals surface area contributed by atoms with Crippen molar-refractivity contribution in [2.75, 3.05) is 25.0 Å². The summed E-state index contributed by atoms with van der Waals surface area (Å²) in [5.41, 5.74) is 1.26. The van der Waals surface area contributed by atoms with E-state index in [0.29, 0.717) is 0 Å². The van der Waals surface area contributed by atoms with Crippen molar-refractivity contribution in [2.24, 2.45) is 5.92 Å². The lowest BCUT2D eigenvalue weighted by Crippen LogP contribution is -2.28. The Morgan fingerprint density at radius 3 is 2.37 bits per heavy atom. The lowest BCUT2D eigenvalue weighted by molar-refractivity contribution is 0.485. The van der Waals surface area contributed by atoms with Gasteiger partial charge >= 0.3 is 0 Å². The number of rotatable bonds is 9. The van der Waals surface area contributed by atoms with Crippen LogP contribution >= 0.6 is 11.3 Å². The lowest BCUT2D eigenvalue weighted by Gasteiger charge is -2.24. The third kappa shape index (κ3) is 4.46. The Labute approximate surface area is 122 Å². The highest BCUT2D eigenvalue weighted by atomic mass is 32.1. The minimum Gasteiger partial charge on any atom is -0.348 e. The van der Waals surface area contributed by atoms with Gasteiger partial charge in [0.1, 0.15) is 0 Å². The predicted molar refractivity (Wildman–Crippen MR) is 86.2 cm³/mol. The molecule has 0 amide bonds. The molecule has 0 aliphatic carbocycles. The van der Waals surface area contributed by atoms with E-state index < -0.39 is 0 Å². The van der Waals surface area contributed by atoms with Gasteiger partial charge in [0.2, 0.25) is 0 Å². The maximum Gasteiger partial charge on any atom is 0.185 e. The van der Waals surface area contributed by atoms with Crippen molar-refractivity contribution < 1.29 is 0 Å². The van der Waals surface area contributed by atoms with Gasteiger partial charge in [0.25, 0.3) is 0 Å². The van der Waals surface area contributed by atoms with Crippen LogP contribution in [0.15, 0.2) is 0 Å². The highest BCUT2D eigenvalue weighted by Gasteiger charge is 2.16. The maximum atomic E-state index is 4.84. The monoisotopic (exact) mass is 283 g/mol. The van der Waals surface area contributed by atoms with E-state index in [9.17, 15) is 0 Å². The fourth-order valence-corrected chi connectivity index (χ4v) is 3.51. The number of thiazole rings is 1. The quantitative estimate of drug-likeness (QED) is 0.749. The largest absolute Gasteiger partial charge is 0.348 e. The molecule has 0 saturated heterocycles. The van der Waals surface area contributed by atoms with Gasteiger partial charge in [0, 0.05) is 24.5 Å². The zero-order valence-corrected chi connectivity index (χ0v) is 13.9. The van der Waals surface area contributed by atoms with Gasteiger partial charge in [-0.15, -0.1) is 11.3 Å². The van der Waals surface area contributed by atoms with Crippen molar-refractivity contribution in [3.8, 4) is 0 Å². The number of aryl methyl sites for hydroxylation is 1. The van der Waals surface area contributed by atoms with Gasteiger partial charge in [-0.3, -0.25) is 0 Å². The van der Waals surface area contributed by atoms with E-state index in [1.165, 1.54) is 28.5 Å². The van der Waals surface area contributed by atoms with E-state index in [-0.39, 0.29) is 0 Å². The smallest absolute Gasteiger partial charge is 0.185 e. The molecular weight excluding hydrogens is 254 g/mol. The van der Waals surface area contributed by atoms with Crippen molar-refractivity contribution in [2.45, 2.75) is 53.5 Å². The first kappa shape index (κ1) is 16.4. The van der Waals surface area contributed by atoms with E-state index in [1.807, 2.05) is 18.4 Å². The van der Waals surface area contributed by atoms with E-state index in [1.54, 1.807) is 0 Å². The van der Waals surface area contributed by atoms with Crippen LogP contribution < -0.4 is 10.2 Å². The normalized spacial score (nSPS) is 11.3. The molecule has 1 aromatic heterocycles. The Hall–Kier alpha value is -0.610. The summed E-state index contributed by atoms with van der Waals surface area (Å²) in [6.07, 6.45) is 3.53. The summed E-state index contributed by atoms with van der Waals surface area (Å²) in [5.74, 6) is 0.779. The van der Waals surface area contributed by atoms with E-state index >= 15 is 0 Å². The van der Waals surface area contributed by atoms with Crippen LogP contribution in [0.25, 0.3) is 0 Å². The van der Waals surface area contributed by atoms with Crippen LogP contribution in [0, 0.1) is 5.92 Å². The number of hydrogen-bond acceptors (Lipinski definition) is 4. The first-order valence-corrected chi connectivity index (χ1v) is 8.39. The Morgan fingerprint density at radius 2 is 1.89 bits per heavy atom. The predicted octanol–water partition coefficient (Wildman–Crippen LogP) is 3.69. The van der Waals surface area contributed by atoms with Crippen molar-refractivity contribution in [1.29, 1.82) is 0 Å². The Balaban J connectivity index is 2.85. The van der Waals surface area contributed by atoms with E-state index in [0.717, 1.165) is 32.0 Å². The third-order valence-electron chi connectivity index (χ3n) is 3.72. The van der Waals surface area contributed by atoms with Gasteiger partial charge in [0.05, 0.1) is 5.69 Å². The molecule has 0 spiro atoms. The molecule has 19 heavy (non-hydrogen) atoms.